The number of carbonyl (C=O) groups excluding carboxylic acids is 1. The van der Waals surface area contributed by atoms with Crippen LogP contribution in [-0.4, -0.2) is 50.3 Å². The number of amides is 1. The van der Waals surface area contributed by atoms with Gasteiger partial charge in [-0.25, -0.2) is 10.4 Å². The summed E-state index contributed by atoms with van der Waals surface area (Å²) in [6.45, 7) is 5.09. The van der Waals surface area contributed by atoms with Gasteiger partial charge in [-0.05, 0) is 19.8 Å². The van der Waals surface area contributed by atoms with Crippen LogP contribution in [0.3, 0.4) is 0 Å². The maximum atomic E-state index is 11.6. The zero-order valence-electron chi connectivity index (χ0n) is 10.3. The molecule has 0 bridgehead atoms. The molecule has 1 rings (SSSR count). The van der Waals surface area contributed by atoms with Crippen LogP contribution < -0.4 is 10.7 Å². The van der Waals surface area contributed by atoms with Gasteiger partial charge in [0.05, 0.1) is 12.6 Å². The van der Waals surface area contributed by atoms with Crippen LogP contribution in [-0.2, 0) is 9.53 Å². The molecule has 5 nitrogen and oxygen atoms in total. The third-order valence-electron chi connectivity index (χ3n) is 2.73. The van der Waals surface area contributed by atoms with E-state index in [0.29, 0.717) is 13.2 Å². The number of hydrogen-bond acceptors (Lipinski definition) is 4. The molecule has 1 fully saturated rings. The molecule has 1 saturated heterocycles. The minimum Gasteiger partial charge on any atom is -0.383 e. The summed E-state index contributed by atoms with van der Waals surface area (Å²) in [5.74, 6) is 0.0302. The van der Waals surface area contributed by atoms with Crippen LogP contribution in [0.25, 0.3) is 0 Å². The summed E-state index contributed by atoms with van der Waals surface area (Å²) in [7, 11) is 1.63. The molecule has 1 heterocycles. The van der Waals surface area contributed by atoms with E-state index in [-0.39, 0.29) is 11.9 Å². The van der Waals surface area contributed by atoms with Crippen molar-refractivity contribution in [1.82, 2.24) is 15.8 Å². The van der Waals surface area contributed by atoms with Crippen LogP contribution in [0.2, 0.25) is 0 Å². The Kier molecular flexibility index (Phi) is 6.37. The quantitative estimate of drug-likeness (QED) is 0.636. The van der Waals surface area contributed by atoms with E-state index in [4.69, 9.17) is 4.74 Å². The molecular weight excluding hydrogens is 206 g/mol. The highest BCUT2D eigenvalue weighted by Crippen LogP contribution is 2.06. The molecule has 1 amide bonds. The molecule has 0 saturated carbocycles. The van der Waals surface area contributed by atoms with E-state index in [9.17, 15) is 4.79 Å². The average Bonchev–Trinajstić information content (AvgIpc) is 2.30. The highest BCUT2D eigenvalue weighted by Gasteiger charge is 2.17. The van der Waals surface area contributed by atoms with Crippen LogP contribution in [0.15, 0.2) is 0 Å². The lowest BCUT2D eigenvalue weighted by Gasteiger charge is -2.29. The Morgan fingerprint density at radius 3 is 2.69 bits per heavy atom. The van der Waals surface area contributed by atoms with Crippen LogP contribution >= 0.6 is 0 Å². The van der Waals surface area contributed by atoms with Gasteiger partial charge in [-0.2, -0.15) is 0 Å². The van der Waals surface area contributed by atoms with Crippen molar-refractivity contribution in [2.75, 3.05) is 33.4 Å². The van der Waals surface area contributed by atoms with Crippen LogP contribution in [0.5, 0.6) is 0 Å². The van der Waals surface area contributed by atoms with Crippen molar-refractivity contribution in [3.05, 3.63) is 0 Å². The van der Waals surface area contributed by atoms with Gasteiger partial charge >= 0.3 is 0 Å². The number of nitrogens with zero attached hydrogens (tertiary/aromatic N) is 1. The van der Waals surface area contributed by atoms with Crippen LogP contribution in [0.1, 0.15) is 26.2 Å². The average molecular weight is 229 g/mol. The van der Waals surface area contributed by atoms with Gasteiger partial charge in [-0.3, -0.25) is 4.79 Å². The number of hydrazine groups is 1. The fourth-order valence-corrected chi connectivity index (χ4v) is 1.78. The second-order valence-corrected chi connectivity index (χ2v) is 4.18. The minimum atomic E-state index is -0.171. The van der Waals surface area contributed by atoms with Gasteiger partial charge in [0.15, 0.2) is 0 Å². The minimum absolute atomic E-state index is 0.0302. The molecule has 5 heteroatoms. The van der Waals surface area contributed by atoms with E-state index in [2.05, 4.69) is 15.8 Å². The Balaban J connectivity index is 2.16. The molecule has 0 aromatic heterocycles. The first-order valence-corrected chi connectivity index (χ1v) is 6.02. The summed E-state index contributed by atoms with van der Waals surface area (Å²) >= 11 is 0. The zero-order chi connectivity index (χ0) is 11.8. The summed E-state index contributed by atoms with van der Waals surface area (Å²) in [6.07, 6.45) is 3.72. The van der Waals surface area contributed by atoms with E-state index in [0.717, 1.165) is 13.1 Å². The maximum Gasteiger partial charge on any atom is 0.238 e. The monoisotopic (exact) mass is 229 g/mol. The lowest BCUT2D eigenvalue weighted by molar-refractivity contribution is -0.124. The number of hydrogen-bond donors (Lipinski definition) is 2. The molecule has 1 aliphatic rings. The van der Waals surface area contributed by atoms with Crippen LogP contribution in [0.4, 0.5) is 0 Å². The van der Waals surface area contributed by atoms with E-state index < -0.39 is 0 Å². The van der Waals surface area contributed by atoms with E-state index in [1.165, 1.54) is 19.3 Å². The van der Waals surface area contributed by atoms with E-state index in [1.54, 1.807) is 7.11 Å². The molecule has 16 heavy (non-hydrogen) atoms. The van der Waals surface area contributed by atoms with Crippen molar-refractivity contribution in [3.63, 3.8) is 0 Å². The largest absolute Gasteiger partial charge is 0.383 e. The summed E-state index contributed by atoms with van der Waals surface area (Å²) in [4.78, 5) is 11.6. The fraction of sp³-hybridized carbons (Fsp3) is 0.909. The maximum absolute atomic E-state index is 11.6. The molecule has 0 aromatic carbocycles. The number of piperidine rings is 1. The van der Waals surface area contributed by atoms with Gasteiger partial charge in [0.1, 0.15) is 0 Å². The van der Waals surface area contributed by atoms with Crippen LogP contribution in [0, 0.1) is 0 Å². The highest BCUT2D eigenvalue weighted by atomic mass is 16.5. The number of carbonyl (C=O) groups is 1. The lowest BCUT2D eigenvalue weighted by atomic mass is 10.2. The first-order chi connectivity index (χ1) is 7.74. The van der Waals surface area contributed by atoms with Crippen molar-refractivity contribution >= 4 is 5.91 Å². The molecule has 1 atom stereocenters. The summed E-state index contributed by atoms with van der Waals surface area (Å²) in [5, 5.41) is 4.96. The van der Waals surface area contributed by atoms with Crippen molar-refractivity contribution in [2.24, 2.45) is 0 Å². The van der Waals surface area contributed by atoms with Gasteiger partial charge in [-0.1, -0.05) is 6.42 Å². The van der Waals surface area contributed by atoms with Gasteiger partial charge < -0.3 is 10.1 Å². The number of rotatable bonds is 6. The van der Waals surface area contributed by atoms with E-state index in [1.807, 2.05) is 6.92 Å². The Morgan fingerprint density at radius 2 is 2.06 bits per heavy atom. The van der Waals surface area contributed by atoms with Gasteiger partial charge in [0.2, 0.25) is 5.91 Å². The SMILES string of the molecule is COCCNC(=O)C(C)NN1CCCCC1. The molecular formula is C11H23N3O2. The predicted molar refractivity (Wildman–Crippen MR) is 62.9 cm³/mol. The van der Waals surface area contributed by atoms with Crippen molar-refractivity contribution < 1.29 is 9.53 Å². The topological polar surface area (TPSA) is 53.6 Å². The first-order valence-electron chi connectivity index (χ1n) is 6.02. The standard InChI is InChI=1S/C11H23N3O2/c1-10(11(15)12-6-9-16-2)13-14-7-4-3-5-8-14/h10,13H,3-9H2,1-2H3,(H,12,15). The van der Waals surface area contributed by atoms with E-state index >= 15 is 0 Å². The Hall–Kier alpha value is -0.650. The van der Waals surface area contributed by atoms with Crippen molar-refractivity contribution in [1.29, 1.82) is 0 Å². The molecule has 94 valence electrons. The zero-order valence-corrected chi connectivity index (χ0v) is 10.3. The van der Waals surface area contributed by atoms with Gasteiger partial charge in [0.25, 0.3) is 0 Å². The normalized spacial score (nSPS) is 19.4. The predicted octanol–water partition coefficient (Wildman–Crippen LogP) is 0.128. The Bertz CT molecular complexity index is 205. The third kappa shape index (κ3) is 4.92. The molecule has 0 radical (unpaired) electrons. The Labute approximate surface area is 97.5 Å². The summed E-state index contributed by atoms with van der Waals surface area (Å²) in [6, 6.07) is -0.171. The number of nitrogens with one attached hydrogen (secondary N) is 2. The molecule has 0 aromatic rings. The smallest absolute Gasteiger partial charge is 0.238 e. The summed E-state index contributed by atoms with van der Waals surface area (Å²) < 4.78 is 4.88. The molecule has 0 spiro atoms. The molecule has 1 aliphatic heterocycles. The second-order valence-electron chi connectivity index (χ2n) is 4.18. The summed E-state index contributed by atoms with van der Waals surface area (Å²) in [5.41, 5.74) is 3.23. The number of methoxy groups -OCH3 is 1. The number of ether oxygens (including phenoxy) is 1. The van der Waals surface area contributed by atoms with Crippen molar-refractivity contribution in [3.8, 4) is 0 Å². The van der Waals surface area contributed by atoms with Gasteiger partial charge in [-0.15, -0.1) is 0 Å². The molecule has 1 unspecified atom stereocenters. The van der Waals surface area contributed by atoms with Crippen molar-refractivity contribution in [2.45, 2.75) is 32.2 Å². The first kappa shape index (κ1) is 13.4. The Morgan fingerprint density at radius 1 is 1.38 bits per heavy atom. The fourth-order valence-electron chi connectivity index (χ4n) is 1.78. The molecule has 2 N–H and O–H groups in total. The molecule has 0 aliphatic carbocycles. The third-order valence-corrected chi connectivity index (χ3v) is 2.73. The van der Waals surface area contributed by atoms with Gasteiger partial charge in [0, 0.05) is 26.7 Å². The second kappa shape index (κ2) is 7.60. The lowest BCUT2D eigenvalue weighted by Crippen LogP contribution is -2.52. The highest BCUT2D eigenvalue weighted by molar-refractivity contribution is 5.81.